The number of nitrogens with one attached hydrogen (secondary N) is 1. The Morgan fingerprint density at radius 3 is 2.41 bits per heavy atom. The van der Waals surface area contributed by atoms with Crippen molar-refractivity contribution in [3.8, 4) is 22.6 Å². The number of aromatic carboxylic acids is 1. The summed E-state index contributed by atoms with van der Waals surface area (Å²) < 4.78 is 0. The number of carboxylic acids is 1. The summed E-state index contributed by atoms with van der Waals surface area (Å²) in [5, 5.41) is 22.3. The molecule has 0 aliphatic heterocycles. The van der Waals surface area contributed by atoms with E-state index in [2.05, 4.69) is 9.97 Å². The number of nitro benzene ring substituents is 1. The molecule has 0 saturated carbocycles. The van der Waals surface area contributed by atoms with Gasteiger partial charge in [-0.3, -0.25) is 10.1 Å². The third-order valence-electron chi connectivity index (χ3n) is 4.32. The number of rotatable bonds is 4. The van der Waals surface area contributed by atoms with E-state index in [1.807, 2.05) is 42.5 Å². The number of aromatic amines is 1. The second-order valence-corrected chi connectivity index (χ2v) is 5.94. The molecular weight excluding hydrogens is 346 g/mol. The van der Waals surface area contributed by atoms with Gasteiger partial charge in [-0.2, -0.15) is 0 Å². The van der Waals surface area contributed by atoms with Gasteiger partial charge < -0.3 is 10.1 Å². The molecule has 132 valence electrons. The average Bonchev–Trinajstić information content (AvgIpc) is 3.13. The molecule has 1 heterocycles. The number of non-ortho nitro benzene ring substituents is 1. The molecule has 27 heavy (non-hydrogen) atoms. The van der Waals surface area contributed by atoms with E-state index < -0.39 is 10.9 Å². The van der Waals surface area contributed by atoms with Gasteiger partial charge in [0.1, 0.15) is 5.82 Å². The summed E-state index contributed by atoms with van der Waals surface area (Å²) in [4.78, 5) is 29.4. The molecule has 7 nitrogen and oxygen atoms in total. The highest BCUT2D eigenvalue weighted by atomic mass is 16.6. The van der Waals surface area contributed by atoms with E-state index in [9.17, 15) is 20.0 Å². The van der Waals surface area contributed by atoms with E-state index in [-0.39, 0.29) is 11.4 Å². The minimum atomic E-state index is -1.17. The van der Waals surface area contributed by atoms with Crippen molar-refractivity contribution in [2.24, 2.45) is 0 Å². The molecule has 0 amide bonds. The molecule has 0 saturated heterocycles. The first-order valence-corrected chi connectivity index (χ1v) is 8.11. The van der Waals surface area contributed by atoms with Gasteiger partial charge in [-0.1, -0.05) is 42.5 Å². The molecule has 0 atom stereocenters. The Morgan fingerprint density at radius 2 is 1.70 bits per heavy atom. The van der Waals surface area contributed by atoms with Crippen molar-refractivity contribution in [2.75, 3.05) is 0 Å². The molecule has 0 aliphatic carbocycles. The number of imidazole rings is 1. The van der Waals surface area contributed by atoms with Crippen LogP contribution in [0.1, 0.15) is 10.5 Å². The van der Waals surface area contributed by atoms with Gasteiger partial charge in [-0.05, 0) is 22.9 Å². The van der Waals surface area contributed by atoms with Gasteiger partial charge in [0, 0.05) is 23.3 Å². The molecule has 4 rings (SSSR count). The standard InChI is InChI=1S/C20H13N3O4/c24-20(25)18-17(13-8-10-14(11-9-13)23(26)27)21-19(22-18)16-7-3-5-12-4-1-2-6-15(12)16/h1-11H,(H,21,22)(H,24,25). The highest BCUT2D eigenvalue weighted by Crippen LogP contribution is 2.31. The Bertz CT molecular complexity index is 1170. The first-order valence-electron chi connectivity index (χ1n) is 8.11. The molecule has 0 spiro atoms. The Morgan fingerprint density at radius 1 is 1.00 bits per heavy atom. The zero-order valence-corrected chi connectivity index (χ0v) is 13.9. The highest BCUT2D eigenvalue weighted by Gasteiger charge is 2.20. The fourth-order valence-electron chi connectivity index (χ4n) is 3.05. The lowest BCUT2D eigenvalue weighted by molar-refractivity contribution is -0.384. The van der Waals surface area contributed by atoms with Crippen LogP contribution in [0, 0.1) is 10.1 Å². The third kappa shape index (κ3) is 2.91. The highest BCUT2D eigenvalue weighted by molar-refractivity contribution is 5.98. The van der Waals surface area contributed by atoms with Crippen LogP contribution in [0.3, 0.4) is 0 Å². The average molecular weight is 359 g/mol. The zero-order chi connectivity index (χ0) is 19.0. The fraction of sp³-hybridized carbons (Fsp3) is 0. The summed E-state index contributed by atoms with van der Waals surface area (Å²) in [7, 11) is 0. The minimum absolute atomic E-state index is 0.0654. The van der Waals surface area contributed by atoms with Crippen molar-refractivity contribution in [3.63, 3.8) is 0 Å². The Kier molecular flexibility index (Phi) is 3.89. The van der Waals surface area contributed by atoms with Crippen molar-refractivity contribution in [3.05, 3.63) is 82.5 Å². The van der Waals surface area contributed by atoms with Crippen LogP contribution in [0.4, 0.5) is 5.69 Å². The van der Waals surface area contributed by atoms with E-state index in [0.29, 0.717) is 17.1 Å². The Balaban J connectivity index is 1.88. The molecule has 0 fully saturated rings. The number of carbonyl (C=O) groups is 1. The smallest absolute Gasteiger partial charge is 0.356 e. The van der Waals surface area contributed by atoms with Gasteiger partial charge in [-0.15, -0.1) is 0 Å². The predicted octanol–water partition coefficient (Wildman–Crippen LogP) is 4.50. The largest absolute Gasteiger partial charge is 0.476 e. The number of carboxylic acid groups (broad SMARTS) is 1. The zero-order valence-electron chi connectivity index (χ0n) is 13.9. The lowest BCUT2D eigenvalue weighted by atomic mass is 10.0. The van der Waals surface area contributed by atoms with Crippen molar-refractivity contribution in [2.45, 2.75) is 0 Å². The van der Waals surface area contributed by atoms with Crippen LogP contribution in [-0.2, 0) is 0 Å². The molecular formula is C20H13N3O4. The van der Waals surface area contributed by atoms with Gasteiger partial charge in [0.25, 0.3) is 5.69 Å². The topological polar surface area (TPSA) is 109 Å². The van der Waals surface area contributed by atoms with Crippen LogP contribution < -0.4 is 0 Å². The SMILES string of the molecule is O=C(O)c1nc(-c2cccc3ccccc23)[nH]c1-c1ccc([N+](=O)[O-])cc1. The van der Waals surface area contributed by atoms with Gasteiger partial charge in [0.15, 0.2) is 5.69 Å². The van der Waals surface area contributed by atoms with Gasteiger partial charge in [0.05, 0.1) is 10.6 Å². The number of nitro groups is 1. The van der Waals surface area contributed by atoms with Crippen LogP contribution in [0.15, 0.2) is 66.7 Å². The second kappa shape index (κ2) is 6.38. The molecule has 1 aromatic heterocycles. The van der Waals surface area contributed by atoms with Crippen molar-refractivity contribution in [1.29, 1.82) is 0 Å². The lowest BCUT2D eigenvalue weighted by Gasteiger charge is -2.03. The summed E-state index contributed by atoms with van der Waals surface area (Å²) in [6, 6.07) is 19.1. The summed E-state index contributed by atoms with van der Waals surface area (Å²) in [6.07, 6.45) is 0. The van der Waals surface area contributed by atoms with Crippen LogP contribution in [0.2, 0.25) is 0 Å². The number of hydrogen-bond acceptors (Lipinski definition) is 4. The predicted molar refractivity (Wildman–Crippen MR) is 101 cm³/mol. The molecule has 2 N–H and O–H groups in total. The first-order chi connectivity index (χ1) is 13.0. The van der Waals surface area contributed by atoms with E-state index in [4.69, 9.17) is 0 Å². The van der Waals surface area contributed by atoms with Crippen molar-refractivity contribution >= 4 is 22.4 Å². The molecule has 0 unspecified atom stereocenters. The summed E-state index contributed by atoms with van der Waals surface area (Å²) >= 11 is 0. The normalized spacial score (nSPS) is 10.8. The van der Waals surface area contributed by atoms with Crippen LogP contribution in [-0.4, -0.2) is 26.0 Å². The number of H-pyrrole nitrogens is 1. The second-order valence-electron chi connectivity index (χ2n) is 5.94. The summed E-state index contributed by atoms with van der Waals surface area (Å²) in [6.45, 7) is 0. The number of fused-ring (bicyclic) bond motifs is 1. The maximum atomic E-state index is 11.7. The monoisotopic (exact) mass is 359 g/mol. The third-order valence-corrected chi connectivity index (χ3v) is 4.32. The van der Waals surface area contributed by atoms with E-state index >= 15 is 0 Å². The maximum Gasteiger partial charge on any atom is 0.356 e. The molecule has 7 heteroatoms. The molecule has 4 aromatic rings. The van der Waals surface area contributed by atoms with Gasteiger partial charge in [0.2, 0.25) is 0 Å². The minimum Gasteiger partial charge on any atom is -0.476 e. The molecule has 0 bridgehead atoms. The molecule has 0 radical (unpaired) electrons. The van der Waals surface area contributed by atoms with E-state index in [1.165, 1.54) is 24.3 Å². The Hall–Kier alpha value is -4.00. The fourth-order valence-corrected chi connectivity index (χ4v) is 3.05. The van der Waals surface area contributed by atoms with E-state index in [0.717, 1.165) is 16.3 Å². The lowest BCUT2D eigenvalue weighted by Crippen LogP contribution is -1.99. The quantitative estimate of drug-likeness (QED) is 0.412. The van der Waals surface area contributed by atoms with Crippen LogP contribution >= 0.6 is 0 Å². The van der Waals surface area contributed by atoms with Crippen LogP contribution in [0.25, 0.3) is 33.4 Å². The van der Waals surface area contributed by atoms with Crippen molar-refractivity contribution < 1.29 is 14.8 Å². The Labute approximate surface area is 153 Å². The number of benzene rings is 3. The number of aromatic nitrogens is 2. The maximum absolute atomic E-state index is 11.7. The number of nitrogens with zero attached hydrogens (tertiary/aromatic N) is 2. The molecule has 0 aliphatic rings. The van der Waals surface area contributed by atoms with Crippen LogP contribution in [0.5, 0.6) is 0 Å². The summed E-state index contributed by atoms with van der Waals surface area (Å²) in [5.74, 6) is -0.747. The number of hydrogen-bond donors (Lipinski definition) is 2. The first kappa shape index (κ1) is 16.5. The van der Waals surface area contributed by atoms with E-state index in [1.54, 1.807) is 0 Å². The van der Waals surface area contributed by atoms with Crippen molar-refractivity contribution in [1.82, 2.24) is 9.97 Å². The summed E-state index contributed by atoms with van der Waals surface area (Å²) in [5.41, 5.74) is 1.40. The van der Waals surface area contributed by atoms with Gasteiger partial charge >= 0.3 is 5.97 Å². The molecule has 3 aromatic carbocycles. The van der Waals surface area contributed by atoms with Gasteiger partial charge in [-0.25, -0.2) is 9.78 Å².